The number of aryl methyl sites for hydroxylation is 1. The summed E-state index contributed by atoms with van der Waals surface area (Å²) in [5.41, 5.74) is 0.260. The van der Waals surface area contributed by atoms with Crippen molar-refractivity contribution in [2.75, 3.05) is 0 Å². The van der Waals surface area contributed by atoms with Crippen molar-refractivity contribution in [2.45, 2.75) is 0 Å². The summed E-state index contributed by atoms with van der Waals surface area (Å²) >= 11 is 10.4. The Kier molecular flexibility index (Phi) is 2.55. The molecule has 12 heavy (non-hydrogen) atoms. The van der Waals surface area contributed by atoms with E-state index in [1.165, 1.54) is 10.6 Å². The molecule has 0 saturated heterocycles. The molecule has 0 aliphatic carbocycles. The first-order valence-electron chi connectivity index (χ1n) is 3.09. The number of hydrogen-bond acceptors (Lipinski definition) is 2. The van der Waals surface area contributed by atoms with Gasteiger partial charge in [-0.1, -0.05) is 0 Å². The maximum atomic E-state index is 10.8. The lowest BCUT2D eigenvalue weighted by Gasteiger charge is -1.97. The molecule has 1 aromatic heterocycles. The van der Waals surface area contributed by atoms with E-state index in [0.29, 0.717) is 0 Å². The second-order valence-corrected chi connectivity index (χ2v) is 2.92. The summed E-state index contributed by atoms with van der Waals surface area (Å²) < 4.78 is 1.45. The zero-order chi connectivity index (χ0) is 9.30. The highest BCUT2D eigenvalue weighted by Crippen LogP contribution is 2.14. The molecule has 0 unspecified atom stereocenters. The molecule has 1 heterocycles. The highest BCUT2D eigenvalue weighted by molar-refractivity contribution is 6.71. The molecule has 0 radical (unpaired) electrons. The summed E-state index contributed by atoms with van der Waals surface area (Å²) in [6, 6.07) is 1.45. The van der Waals surface area contributed by atoms with Gasteiger partial charge in [-0.3, -0.25) is 9.59 Å². The van der Waals surface area contributed by atoms with Crippen molar-refractivity contribution in [3.63, 3.8) is 0 Å². The average Bonchev–Trinajstić information content (AvgIpc) is 2.30. The highest BCUT2D eigenvalue weighted by atomic mass is 35.5. The number of carbonyl (C=O) groups is 2. The van der Waals surface area contributed by atoms with E-state index < -0.39 is 10.5 Å². The van der Waals surface area contributed by atoms with E-state index in [0.717, 1.165) is 0 Å². The van der Waals surface area contributed by atoms with Crippen molar-refractivity contribution < 1.29 is 9.59 Å². The molecular formula is C7H5Cl2NO2. The normalized spacial score (nSPS) is 9.92. The number of nitrogens with zero attached hydrogens (tertiary/aromatic N) is 1. The van der Waals surface area contributed by atoms with Gasteiger partial charge in [-0.05, 0) is 29.3 Å². The molecule has 0 N–H and O–H groups in total. The van der Waals surface area contributed by atoms with Crippen LogP contribution in [0.2, 0.25) is 0 Å². The van der Waals surface area contributed by atoms with E-state index in [1.54, 1.807) is 13.2 Å². The van der Waals surface area contributed by atoms with Crippen LogP contribution >= 0.6 is 23.2 Å². The van der Waals surface area contributed by atoms with Crippen molar-refractivity contribution in [3.8, 4) is 0 Å². The maximum Gasteiger partial charge on any atom is 0.269 e. The van der Waals surface area contributed by atoms with E-state index in [2.05, 4.69) is 0 Å². The molecule has 0 amide bonds. The first kappa shape index (κ1) is 9.29. The summed E-state index contributed by atoms with van der Waals surface area (Å²) in [4.78, 5) is 21.5. The Morgan fingerprint density at radius 3 is 2.25 bits per heavy atom. The van der Waals surface area contributed by atoms with Crippen LogP contribution in [0.1, 0.15) is 20.8 Å². The van der Waals surface area contributed by atoms with Crippen LogP contribution < -0.4 is 0 Å². The van der Waals surface area contributed by atoms with Crippen LogP contribution in [0.15, 0.2) is 12.3 Å². The van der Waals surface area contributed by atoms with E-state index >= 15 is 0 Å². The van der Waals surface area contributed by atoms with Crippen molar-refractivity contribution in [3.05, 3.63) is 23.5 Å². The molecule has 0 fully saturated rings. The van der Waals surface area contributed by atoms with Gasteiger partial charge in [0.25, 0.3) is 10.5 Å². The molecule has 5 heteroatoms. The zero-order valence-electron chi connectivity index (χ0n) is 6.17. The van der Waals surface area contributed by atoms with E-state index in [4.69, 9.17) is 23.2 Å². The Balaban J connectivity index is 3.31. The van der Waals surface area contributed by atoms with Crippen LogP contribution in [0, 0.1) is 0 Å². The Bertz CT molecular complexity index is 343. The molecule has 1 rings (SSSR count). The molecule has 0 aliphatic rings. The van der Waals surface area contributed by atoms with Crippen molar-refractivity contribution in [1.82, 2.24) is 4.57 Å². The van der Waals surface area contributed by atoms with E-state index in [1.807, 2.05) is 0 Å². The minimum Gasteiger partial charge on any atom is -0.346 e. The van der Waals surface area contributed by atoms with Crippen LogP contribution in [0.4, 0.5) is 0 Å². The van der Waals surface area contributed by atoms with E-state index in [-0.39, 0.29) is 11.3 Å². The molecule has 0 atom stereocenters. The van der Waals surface area contributed by atoms with E-state index in [9.17, 15) is 9.59 Å². The van der Waals surface area contributed by atoms with Gasteiger partial charge in [0, 0.05) is 13.2 Å². The van der Waals surface area contributed by atoms with Crippen LogP contribution in [0.5, 0.6) is 0 Å². The second-order valence-electron chi connectivity index (χ2n) is 2.24. The molecule has 0 bridgehead atoms. The van der Waals surface area contributed by atoms with Gasteiger partial charge in [-0.15, -0.1) is 0 Å². The second kappa shape index (κ2) is 3.29. The third-order valence-electron chi connectivity index (χ3n) is 1.47. The predicted molar refractivity (Wildman–Crippen MR) is 45.8 cm³/mol. The number of carbonyl (C=O) groups excluding carboxylic acids is 2. The number of halogens is 2. The largest absolute Gasteiger partial charge is 0.346 e. The molecule has 0 aliphatic heterocycles. The van der Waals surface area contributed by atoms with Crippen LogP contribution in [0.3, 0.4) is 0 Å². The van der Waals surface area contributed by atoms with Gasteiger partial charge < -0.3 is 4.57 Å². The molecule has 0 saturated carbocycles. The Morgan fingerprint density at radius 1 is 1.33 bits per heavy atom. The monoisotopic (exact) mass is 205 g/mol. The van der Waals surface area contributed by atoms with Gasteiger partial charge >= 0.3 is 0 Å². The van der Waals surface area contributed by atoms with Crippen LogP contribution in [0.25, 0.3) is 0 Å². The molecule has 3 nitrogen and oxygen atoms in total. The summed E-state index contributed by atoms with van der Waals surface area (Å²) in [6.45, 7) is 0. The SMILES string of the molecule is Cn1ccc(C(=O)Cl)c1C(=O)Cl. The first-order valence-corrected chi connectivity index (χ1v) is 3.84. The molecule has 0 spiro atoms. The lowest BCUT2D eigenvalue weighted by Crippen LogP contribution is -2.03. The quantitative estimate of drug-likeness (QED) is 0.691. The van der Waals surface area contributed by atoms with Crippen molar-refractivity contribution in [1.29, 1.82) is 0 Å². The van der Waals surface area contributed by atoms with Crippen LogP contribution in [-0.2, 0) is 7.05 Å². The molecule has 64 valence electrons. The lowest BCUT2D eigenvalue weighted by atomic mass is 10.3. The van der Waals surface area contributed by atoms with Gasteiger partial charge in [0.15, 0.2) is 0 Å². The standard InChI is InChI=1S/C7H5Cl2NO2/c1-10-3-2-4(6(8)11)5(10)7(9)12/h2-3H,1H3. The molecule has 0 aromatic carbocycles. The summed E-state index contributed by atoms with van der Waals surface area (Å²) in [5, 5.41) is -1.37. The number of hydrogen-bond donors (Lipinski definition) is 0. The topological polar surface area (TPSA) is 39.1 Å². The molecule has 1 aromatic rings. The maximum absolute atomic E-state index is 10.8. The van der Waals surface area contributed by atoms with Crippen molar-refractivity contribution in [2.24, 2.45) is 7.05 Å². The fourth-order valence-electron chi connectivity index (χ4n) is 0.933. The minimum absolute atomic E-state index is 0.122. The van der Waals surface area contributed by atoms with Gasteiger partial charge in [-0.25, -0.2) is 0 Å². The number of aromatic nitrogens is 1. The van der Waals surface area contributed by atoms with Crippen molar-refractivity contribution >= 4 is 33.7 Å². The van der Waals surface area contributed by atoms with Gasteiger partial charge in [-0.2, -0.15) is 0 Å². The zero-order valence-corrected chi connectivity index (χ0v) is 7.69. The van der Waals surface area contributed by atoms with Gasteiger partial charge in [0.05, 0.1) is 5.56 Å². The summed E-state index contributed by atoms with van der Waals surface area (Å²) in [7, 11) is 1.61. The summed E-state index contributed by atoms with van der Waals surface area (Å²) in [6.07, 6.45) is 1.55. The Labute approximate surface area is 78.9 Å². The Morgan fingerprint density at radius 2 is 1.92 bits per heavy atom. The highest BCUT2D eigenvalue weighted by Gasteiger charge is 2.17. The lowest BCUT2D eigenvalue weighted by molar-refractivity contribution is 0.104. The average molecular weight is 206 g/mol. The minimum atomic E-state index is -0.688. The van der Waals surface area contributed by atoms with Gasteiger partial charge in [0.2, 0.25) is 0 Å². The number of rotatable bonds is 2. The third kappa shape index (κ3) is 1.52. The fourth-order valence-corrected chi connectivity index (χ4v) is 1.32. The fraction of sp³-hybridized carbons (Fsp3) is 0.143. The summed E-state index contributed by atoms with van der Waals surface area (Å²) in [5.74, 6) is 0. The van der Waals surface area contributed by atoms with Gasteiger partial charge in [0.1, 0.15) is 5.69 Å². The first-order chi connectivity index (χ1) is 5.54. The smallest absolute Gasteiger partial charge is 0.269 e. The third-order valence-corrected chi connectivity index (χ3v) is 1.85. The predicted octanol–water partition coefficient (Wildman–Crippen LogP) is 1.78. The van der Waals surface area contributed by atoms with Crippen LogP contribution in [-0.4, -0.2) is 15.1 Å². The molecular weight excluding hydrogens is 201 g/mol. The Hall–Kier alpha value is -0.800.